The van der Waals surface area contributed by atoms with Gasteiger partial charge in [0.2, 0.25) is 0 Å². The summed E-state index contributed by atoms with van der Waals surface area (Å²) in [5, 5.41) is 9.12. The Morgan fingerprint density at radius 2 is 1.90 bits per heavy atom. The first-order chi connectivity index (χ1) is 10.1. The maximum atomic E-state index is 13.5. The zero-order chi connectivity index (χ0) is 15.2. The van der Waals surface area contributed by atoms with Gasteiger partial charge in [0.25, 0.3) is 5.91 Å². The maximum Gasteiger partial charge on any atom is 0.254 e. The fraction of sp³-hybridized carbons (Fsp3) is 0.188. The quantitative estimate of drug-likeness (QED) is 0.827. The van der Waals surface area contributed by atoms with Gasteiger partial charge < -0.3 is 15.7 Å². The lowest BCUT2D eigenvalue weighted by atomic mass is 10.1. The van der Waals surface area contributed by atoms with E-state index in [4.69, 9.17) is 10.8 Å². The Labute approximate surface area is 122 Å². The molecule has 110 valence electrons. The summed E-state index contributed by atoms with van der Waals surface area (Å²) in [4.78, 5) is 13.9. The van der Waals surface area contributed by atoms with E-state index < -0.39 is 5.82 Å². The monoisotopic (exact) mass is 288 g/mol. The van der Waals surface area contributed by atoms with Crippen LogP contribution in [0.25, 0.3) is 0 Å². The summed E-state index contributed by atoms with van der Waals surface area (Å²) in [6.07, 6.45) is 0. The smallest absolute Gasteiger partial charge is 0.254 e. The highest BCUT2D eigenvalue weighted by atomic mass is 19.1. The van der Waals surface area contributed by atoms with Crippen molar-refractivity contribution in [3.05, 3.63) is 65.5 Å². The van der Waals surface area contributed by atoms with Gasteiger partial charge in [-0.25, -0.2) is 4.39 Å². The molecule has 0 aromatic heterocycles. The summed E-state index contributed by atoms with van der Waals surface area (Å²) < 4.78 is 13.5. The van der Waals surface area contributed by atoms with Crippen molar-refractivity contribution in [3.8, 4) is 0 Å². The van der Waals surface area contributed by atoms with Crippen LogP contribution in [0.1, 0.15) is 15.9 Å². The van der Waals surface area contributed by atoms with E-state index in [2.05, 4.69) is 0 Å². The van der Waals surface area contributed by atoms with Crippen LogP contribution in [0.15, 0.2) is 48.5 Å². The van der Waals surface area contributed by atoms with Gasteiger partial charge in [-0.3, -0.25) is 4.79 Å². The van der Waals surface area contributed by atoms with Crippen LogP contribution in [0.3, 0.4) is 0 Å². The van der Waals surface area contributed by atoms with Gasteiger partial charge in [0, 0.05) is 18.7 Å². The number of nitrogens with zero attached hydrogens (tertiary/aromatic N) is 1. The van der Waals surface area contributed by atoms with E-state index in [1.165, 1.54) is 17.0 Å². The minimum absolute atomic E-state index is 0.00307. The third-order valence-electron chi connectivity index (χ3n) is 3.12. The first-order valence-corrected chi connectivity index (χ1v) is 6.61. The van der Waals surface area contributed by atoms with Crippen molar-refractivity contribution >= 4 is 11.6 Å². The average molecular weight is 288 g/mol. The molecule has 2 rings (SSSR count). The summed E-state index contributed by atoms with van der Waals surface area (Å²) in [6, 6.07) is 13.4. The van der Waals surface area contributed by atoms with Gasteiger partial charge in [-0.1, -0.05) is 30.3 Å². The summed E-state index contributed by atoms with van der Waals surface area (Å²) >= 11 is 0. The molecule has 21 heavy (non-hydrogen) atoms. The van der Waals surface area contributed by atoms with Crippen LogP contribution >= 0.6 is 0 Å². The number of amides is 1. The van der Waals surface area contributed by atoms with Crippen molar-refractivity contribution in [2.45, 2.75) is 6.54 Å². The molecule has 0 spiro atoms. The van der Waals surface area contributed by atoms with Crippen LogP contribution in [0.4, 0.5) is 10.1 Å². The van der Waals surface area contributed by atoms with E-state index in [1.54, 1.807) is 0 Å². The number of benzene rings is 2. The molecule has 0 aliphatic rings. The number of carbonyl (C=O) groups is 1. The highest BCUT2D eigenvalue weighted by Crippen LogP contribution is 2.15. The molecule has 0 aliphatic heterocycles. The maximum absolute atomic E-state index is 13.5. The molecule has 5 heteroatoms. The normalized spacial score (nSPS) is 10.4. The molecular weight excluding hydrogens is 271 g/mol. The SMILES string of the molecule is Nc1ccc(C(=O)N(CCO)Cc2ccccc2)cc1F. The van der Waals surface area contributed by atoms with Crippen molar-refractivity contribution in [2.75, 3.05) is 18.9 Å². The molecule has 0 heterocycles. The summed E-state index contributed by atoms with van der Waals surface area (Å²) in [5.74, 6) is -0.962. The third kappa shape index (κ3) is 3.79. The van der Waals surface area contributed by atoms with Gasteiger partial charge in [0.15, 0.2) is 0 Å². The molecule has 0 saturated heterocycles. The Kier molecular flexibility index (Phi) is 4.90. The lowest BCUT2D eigenvalue weighted by Crippen LogP contribution is -2.33. The van der Waals surface area contributed by atoms with E-state index in [0.717, 1.165) is 11.6 Å². The molecule has 0 aliphatic carbocycles. The standard InChI is InChI=1S/C16H17FN2O2/c17-14-10-13(6-7-15(14)18)16(21)19(8-9-20)11-12-4-2-1-3-5-12/h1-7,10,20H,8-9,11,18H2. The summed E-state index contributed by atoms with van der Waals surface area (Å²) in [6.45, 7) is 0.377. The number of hydrogen-bond donors (Lipinski definition) is 2. The van der Waals surface area contributed by atoms with Crippen molar-refractivity contribution < 1.29 is 14.3 Å². The summed E-state index contributed by atoms with van der Waals surface area (Å²) in [5.41, 5.74) is 6.56. The van der Waals surface area contributed by atoms with Crippen molar-refractivity contribution in [1.82, 2.24) is 4.90 Å². The average Bonchev–Trinajstić information content (AvgIpc) is 2.50. The second-order valence-corrected chi connectivity index (χ2v) is 4.67. The molecule has 1 amide bonds. The molecular formula is C16H17FN2O2. The summed E-state index contributed by atoms with van der Waals surface area (Å²) in [7, 11) is 0. The number of aliphatic hydroxyl groups excluding tert-OH is 1. The van der Waals surface area contributed by atoms with Crippen LogP contribution in [-0.2, 0) is 6.54 Å². The second kappa shape index (κ2) is 6.85. The first kappa shape index (κ1) is 15.0. The largest absolute Gasteiger partial charge is 0.396 e. The molecule has 0 saturated carbocycles. The molecule has 2 aromatic rings. The number of anilines is 1. The van der Waals surface area contributed by atoms with Crippen LogP contribution < -0.4 is 5.73 Å². The lowest BCUT2D eigenvalue weighted by Gasteiger charge is -2.22. The number of nitrogen functional groups attached to an aromatic ring is 1. The number of nitrogens with two attached hydrogens (primary N) is 1. The molecule has 0 radical (unpaired) electrons. The van der Waals surface area contributed by atoms with E-state index in [9.17, 15) is 9.18 Å². The number of carbonyl (C=O) groups excluding carboxylic acids is 1. The van der Waals surface area contributed by atoms with Gasteiger partial charge in [-0.05, 0) is 23.8 Å². The van der Waals surface area contributed by atoms with Crippen LogP contribution in [0, 0.1) is 5.82 Å². The molecule has 0 bridgehead atoms. The highest BCUT2D eigenvalue weighted by Gasteiger charge is 2.17. The lowest BCUT2D eigenvalue weighted by molar-refractivity contribution is 0.0707. The van der Waals surface area contributed by atoms with E-state index in [-0.39, 0.29) is 30.3 Å². The predicted octanol–water partition coefficient (Wildman–Crippen LogP) is 2.04. The molecule has 0 fully saturated rings. The minimum Gasteiger partial charge on any atom is -0.396 e. The van der Waals surface area contributed by atoms with Crippen molar-refractivity contribution in [3.63, 3.8) is 0 Å². The topological polar surface area (TPSA) is 66.6 Å². The van der Waals surface area contributed by atoms with Gasteiger partial charge in [-0.15, -0.1) is 0 Å². The predicted molar refractivity (Wildman–Crippen MR) is 79.1 cm³/mol. The Balaban J connectivity index is 2.20. The van der Waals surface area contributed by atoms with E-state index >= 15 is 0 Å². The molecule has 0 atom stereocenters. The highest BCUT2D eigenvalue weighted by molar-refractivity contribution is 5.94. The zero-order valence-corrected chi connectivity index (χ0v) is 11.5. The Bertz CT molecular complexity index is 617. The molecule has 4 nitrogen and oxygen atoms in total. The number of hydrogen-bond acceptors (Lipinski definition) is 3. The molecule has 0 unspecified atom stereocenters. The zero-order valence-electron chi connectivity index (χ0n) is 11.5. The Hall–Kier alpha value is -2.40. The fourth-order valence-corrected chi connectivity index (χ4v) is 2.02. The Morgan fingerprint density at radius 3 is 2.52 bits per heavy atom. The number of halogens is 1. The van der Waals surface area contributed by atoms with Crippen LogP contribution in [-0.4, -0.2) is 29.1 Å². The third-order valence-corrected chi connectivity index (χ3v) is 3.12. The van der Waals surface area contributed by atoms with Crippen LogP contribution in [0.2, 0.25) is 0 Å². The first-order valence-electron chi connectivity index (χ1n) is 6.61. The van der Waals surface area contributed by atoms with Gasteiger partial charge >= 0.3 is 0 Å². The number of rotatable bonds is 5. The van der Waals surface area contributed by atoms with Gasteiger partial charge in [-0.2, -0.15) is 0 Å². The van der Waals surface area contributed by atoms with Crippen molar-refractivity contribution in [1.29, 1.82) is 0 Å². The minimum atomic E-state index is -0.621. The van der Waals surface area contributed by atoms with Crippen LogP contribution in [0.5, 0.6) is 0 Å². The molecule has 3 N–H and O–H groups in total. The van der Waals surface area contributed by atoms with Gasteiger partial charge in [0.05, 0.1) is 12.3 Å². The fourth-order valence-electron chi connectivity index (χ4n) is 2.02. The van der Waals surface area contributed by atoms with E-state index in [1.807, 2.05) is 30.3 Å². The van der Waals surface area contributed by atoms with Gasteiger partial charge in [0.1, 0.15) is 5.82 Å². The Morgan fingerprint density at radius 1 is 1.19 bits per heavy atom. The van der Waals surface area contributed by atoms with Crippen molar-refractivity contribution in [2.24, 2.45) is 0 Å². The molecule has 2 aromatic carbocycles. The second-order valence-electron chi connectivity index (χ2n) is 4.67. The number of aliphatic hydroxyl groups is 1. The van der Waals surface area contributed by atoms with E-state index in [0.29, 0.717) is 6.54 Å².